The zero-order valence-electron chi connectivity index (χ0n) is 10.8. The molecule has 0 atom stereocenters. The molecule has 100 valence electrons. The van der Waals surface area contributed by atoms with Crippen LogP contribution in [0.5, 0.6) is 0 Å². The maximum Gasteiger partial charge on any atom is 0.307 e. The van der Waals surface area contributed by atoms with Crippen molar-refractivity contribution in [2.24, 2.45) is 0 Å². The fourth-order valence-electron chi connectivity index (χ4n) is 1.92. The highest BCUT2D eigenvalue weighted by Crippen LogP contribution is 2.21. The largest absolute Gasteiger partial charge is 0.481 e. The molecule has 3 heteroatoms. The Morgan fingerprint density at radius 1 is 1.05 bits per heavy atom. The van der Waals surface area contributed by atoms with E-state index in [0.29, 0.717) is 0 Å². The van der Waals surface area contributed by atoms with Gasteiger partial charge in [0.2, 0.25) is 0 Å². The summed E-state index contributed by atoms with van der Waals surface area (Å²) in [6, 6.07) is 15.1. The van der Waals surface area contributed by atoms with Gasteiger partial charge >= 0.3 is 5.97 Å². The summed E-state index contributed by atoms with van der Waals surface area (Å²) in [5.74, 6) is 4.59. The number of benzene rings is 2. The van der Waals surface area contributed by atoms with Crippen molar-refractivity contribution >= 4 is 5.97 Å². The molecule has 0 fully saturated rings. The SMILES string of the molecule is O=C(O)Cc1cccc(-c2ccc(C#CCO)cc2)c1. The maximum atomic E-state index is 10.7. The molecule has 0 radical (unpaired) electrons. The summed E-state index contributed by atoms with van der Waals surface area (Å²) in [5, 5.41) is 17.5. The number of hydrogen-bond acceptors (Lipinski definition) is 2. The minimum atomic E-state index is -0.836. The average Bonchev–Trinajstić information content (AvgIpc) is 2.45. The molecule has 0 unspecified atom stereocenters. The lowest BCUT2D eigenvalue weighted by atomic mass is 10.0. The monoisotopic (exact) mass is 266 g/mol. The lowest BCUT2D eigenvalue weighted by molar-refractivity contribution is -0.136. The second-order valence-corrected chi connectivity index (χ2v) is 4.31. The molecule has 0 bridgehead atoms. The molecule has 0 amide bonds. The van der Waals surface area contributed by atoms with Crippen LogP contribution < -0.4 is 0 Å². The first-order chi connectivity index (χ1) is 9.69. The van der Waals surface area contributed by atoms with Crippen molar-refractivity contribution in [2.45, 2.75) is 6.42 Å². The fourth-order valence-corrected chi connectivity index (χ4v) is 1.92. The third kappa shape index (κ3) is 3.71. The van der Waals surface area contributed by atoms with E-state index in [1.165, 1.54) is 0 Å². The standard InChI is InChI=1S/C17H14O3/c18-10-2-4-13-6-8-15(9-7-13)16-5-1-3-14(11-16)12-17(19)20/h1,3,5-9,11,18H,10,12H2,(H,19,20). The van der Waals surface area contributed by atoms with Gasteiger partial charge in [0.15, 0.2) is 0 Å². The van der Waals surface area contributed by atoms with Crippen LogP contribution in [-0.2, 0) is 11.2 Å². The Balaban J connectivity index is 2.25. The maximum absolute atomic E-state index is 10.7. The molecule has 20 heavy (non-hydrogen) atoms. The Hall–Kier alpha value is -2.57. The Kier molecular flexibility index (Phi) is 4.54. The molecule has 2 aromatic rings. The summed E-state index contributed by atoms with van der Waals surface area (Å²) >= 11 is 0. The zero-order valence-corrected chi connectivity index (χ0v) is 10.8. The highest BCUT2D eigenvalue weighted by atomic mass is 16.4. The number of aliphatic carboxylic acids is 1. The molecule has 0 aliphatic rings. The van der Waals surface area contributed by atoms with Gasteiger partial charge in [-0.05, 0) is 28.8 Å². The summed E-state index contributed by atoms with van der Waals surface area (Å²) in [7, 11) is 0. The van der Waals surface area contributed by atoms with E-state index in [2.05, 4.69) is 11.8 Å². The molecule has 3 nitrogen and oxygen atoms in total. The van der Waals surface area contributed by atoms with Gasteiger partial charge in [0, 0.05) is 5.56 Å². The molecular weight excluding hydrogens is 252 g/mol. The van der Waals surface area contributed by atoms with E-state index in [9.17, 15) is 4.79 Å². The first kappa shape index (κ1) is 13.9. The third-order valence-electron chi connectivity index (χ3n) is 2.81. The lowest BCUT2D eigenvalue weighted by Gasteiger charge is -2.04. The Labute approximate surface area is 117 Å². The van der Waals surface area contributed by atoms with Crippen LogP contribution in [0.1, 0.15) is 11.1 Å². The van der Waals surface area contributed by atoms with E-state index in [1.54, 1.807) is 6.07 Å². The van der Waals surface area contributed by atoms with E-state index in [1.807, 2.05) is 42.5 Å². The smallest absolute Gasteiger partial charge is 0.307 e. The Morgan fingerprint density at radius 2 is 1.80 bits per heavy atom. The van der Waals surface area contributed by atoms with Gasteiger partial charge in [0.25, 0.3) is 0 Å². The quantitative estimate of drug-likeness (QED) is 0.838. The summed E-state index contributed by atoms with van der Waals surface area (Å²) < 4.78 is 0. The second kappa shape index (κ2) is 6.55. The molecule has 0 aromatic heterocycles. The fraction of sp³-hybridized carbons (Fsp3) is 0.118. The summed E-state index contributed by atoms with van der Waals surface area (Å²) in [4.78, 5) is 10.7. The van der Waals surface area contributed by atoms with Crippen LogP contribution in [0.25, 0.3) is 11.1 Å². The number of aliphatic hydroxyl groups excluding tert-OH is 1. The van der Waals surface area contributed by atoms with Crippen LogP contribution in [0.3, 0.4) is 0 Å². The molecule has 0 aliphatic carbocycles. The zero-order chi connectivity index (χ0) is 14.4. The van der Waals surface area contributed by atoms with Crippen LogP contribution in [0.2, 0.25) is 0 Å². The number of carbonyl (C=O) groups is 1. The van der Waals surface area contributed by atoms with E-state index < -0.39 is 5.97 Å². The van der Waals surface area contributed by atoms with Crippen molar-refractivity contribution in [3.8, 4) is 23.0 Å². The molecule has 0 aliphatic heterocycles. The molecule has 0 heterocycles. The van der Waals surface area contributed by atoms with Gasteiger partial charge in [-0.3, -0.25) is 4.79 Å². The minimum absolute atomic E-state index is 0.0217. The highest BCUT2D eigenvalue weighted by Gasteiger charge is 2.03. The van der Waals surface area contributed by atoms with Crippen LogP contribution in [-0.4, -0.2) is 22.8 Å². The van der Waals surface area contributed by atoms with Crippen molar-refractivity contribution in [1.82, 2.24) is 0 Å². The van der Waals surface area contributed by atoms with Crippen molar-refractivity contribution in [1.29, 1.82) is 0 Å². The topological polar surface area (TPSA) is 57.5 Å². The molecule has 0 spiro atoms. The van der Waals surface area contributed by atoms with Crippen molar-refractivity contribution in [3.05, 3.63) is 59.7 Å². The number of aliphatic hydroxyl groups is 1. The first-order valence-electron chi connectivity index (χ1n) is 6.20. The molecular formula is C17H14O3. The first-order valence-corrected chi connectivity index (χ1v) is 6.20. The van der Waals surface area contributed by atoms with E-state index in [-0.39, 0.29) is 13.0 Å². The van der Waals surface area contributed by atoms with Gasteiger partial charge in [0.05, 0.1) is 6.42 Å². The third-order valence-corrected chi connectivity index (χ3v) is 2.81. The summed E-state index contributed by atoms with van der Waals surface area (Å²) in [5.41, 5.74) is 3.60. The van der Waals surface area contributed by atoms with Crippen LogP contribution in [0.4, 0.5) is 0 Å². The number of rotatable bonds is 3. The van der Waals surface area contributed by atoms with E-state index >= 15 is 0 Å². The number of carboxylic acid groups (broad SMARTS) is 1. The average molecular weight is 266 g/mol. The van der Waals surface area contributed by atoms with Crippen LogP contribution in [0.15, 0.2) is 48.5 Å². The Bertz CT molecular complexity index is 661. The summed E-state index contributed by atoms with van der Waals surface area (Å²) in [6.07, 6.45) is 0.0217. The molecule has 2 N–H and O–H groups in total. The van der Waals surface area contributed by atoms with E-state index in [0.717, 1.165) is 22.3 Å². The van der Waals surface area contributed by atoms with Gasteiger partial charge in [-0.1, -0.05) is 48.2 Å². The van der Waals surface area contributed by atoms with Gasteiger partial charge in [0.1, 0.15) is 6.61 Å². The molecule has 0 saturated heterocycles. The Morgan fingerprint density at radius 3 is 2.45 bits per heavy atom. The van der Waals surface area contributed by atoms with Crippen molar-refractivity contribution in [2.75, 3.05) is 6.61 Å². The molecule has 2 rings (SSSR count). The second-order valence-electron chi connectivity index (χ2n) is 4.31. The molecule has 0 saturated carbocycles. The van der Waals surface area contributed by atoms with Gasteiger partial charge in [-0.2, -0.15) is 0 Å². The lowest BCUT2D eigenvalue weighted by Crippen LogP contribution is -1.99. The number of carboxylic acids is 1. The van der Waals surface area contributed by atoms with Crippen LogP contribution >= 0.6 is 0 Å². The summed E-state index contributed by atoms with van der Waals surface area (Å²) in [6.45, 7) is -0.154. The molecule has 2 aromatic carbocycles. The van der Waals surface area contributed by atoms with Gasteiger partial charge in [-0.15, -0.1) is 0 Å². The minimum Gasteiger partial charge on any atom is -0.481 e. The predicted molar refractivity (Wildman–Crippen MR) is 77.2 cm³/mol. The van der Waals surface area contributed by atoms with E-state index in [4.69, 9.17) is 10.2 Å². The van der Waals surface area contributed by atoms with Crippen molar-refractivity contribution < 1.29 is 15.0 Å². The normalized spacial score (nSPS) is 9.65. The van der Waals surface area contributed by atoms with Gasteiger partial charge in [-0.25, -0.2) is 0 Å². The number of hydrogen-bond donors (Lipinski definition) is 2. The van der Waals surface area contributed by atoms with Crippen molar-refractivity contribution in [3.63, 3.8) is 0 Å². The van der Waals surface area contributed by atoms with Crippen LogP contribution in [0, 0.1) is 11.8 Å². The predicted octanol–water partition coefficient (Wildman–Crippen LogP) is 2.32. The highest BCUT2D eigenvalue weighted by molar-refractivity contribution is 5.72. The van der Waals surface area contributed by atoms with Gasteiger partial charge < -0.3 is 10.2 Å².